The van der Waals surface area contributed by atoms with E-state index in [-0.39, 0.29) is 24.9 Å². The Morgan fingerprint density at radius 2 is 0.918 bits per heavy atom. The van der Waals surface area contributed by atoms with Crippen molar-refractivity contribution >= 4 is 11.9 Å². The second kappa shape index (κ2) is 47.6. The van der Waals surface area contributed by atoms with Crippen molar-refractivity contribution in [2.45, 2.75) is 219 Å². The van der Waals surface area contributed by atoms with Gasteiger partial charge in [0.25, 0.3) is 0 Å². The van der Waals surface area contributed by atoms with Gasteiger partial charge in [-0.05, 0) is 89.5 Å². The molecule has 1 amide bonds. The minimum Gasteiger partial charge on any atom is -0.458 e. The molecule has 0 radical (unpaired) electrons. The summed E-state index contributed by atoms with van der Waals surface area (Å²) in [6, 6.07) is -0.751. The van der Waals surface area contributed by atoms with Crippen LogP contribution in [0.15, 0.2) is 109 Å². The monoisotopic (exact) mass is 846 g/mol. The SMILES string of the molecule is CC/C=C\C/C=C\C/C=C\C/C=C\C/C=C\C/C=C\C(CC(=O)NC(CO)C(O)CCCCCCCCCCC)OC(=O)CCCCCCCC/C=C/C/C=C/C/C=C/CC. The van der Waals surface area contributed by atoms with Crippen molar-refractivity contribution < 1.29 is 24.5 Å². The largest absolute Gasteiger partial charge is 0.458 e. The second-order valence-corrected chi connectivity index (χ2v) is 16.1. The van der Waals surface area contributed by atoms with E-state index in [1.807, 2.05) is 6.08 Å². The third-order valence-corrected chi connectivity index (χ3v) is 10.3. The number of aliphatic hydroxyl groups is 2. The maximum Gasteiger partial charge on any atom is 0.306 e. The van der Waals surface area contributed by atoms with Gasteiger partial charge in [-0.15, -0.1) is 0 Å². The molecule has 3 atom stereocenters. The molecule has 0 aliphatic heterocycles. The molecular formula is C55H91NO5. The maximum absolute atomic E-state index is 13.1. The van der Waals surface area contributed by atoms with Crippen molar-refractivity contribution in [3.63, 3.8) is 0 Å². The van der Waals surface area contributed by atoms with Gasteiger partial charge in [-0.25, -0.2) is 0 Å². The van der Waals surface area contributed by atoms with E-state index >= 15 is 0 Å². The molecule has 0 aromatic heterocycles. The molecule has 0 saturated heterocycles. The van der Waals surface area contributed by atoms with E-state index in [1.54, 1.807) is 6.08 Å². The molecule has 0 saturated carbocycles. The Labute approximate surface area is 375 Å². The van der Waals surface area contributed by atoms with Crippen molar-refractivity contribution in [2.75, 3.05) is 6.61 Å². The highest BCUT2D eigenvalue weighted by Gasteiger charge is 2.23. The number of allylic oxidation sites excluding steroid dienone is 17. The summed E-state index contributed by atoms with van der Waals surface area (Å²) in [4.78, 5) is 26.0. The van der Waals surface area contributed by atoms with Crippen LogP contribution in [0.4, 0.5) is 0 Å². The van der Waals surface area contributed by atoms with Crippen molar-refractivity contribution in [2.24, 2.45) is 0 Å². The number of unbranched alkanes of at least 4 members (excludes halogenated alkanes) is 14. The number of nitrogens with one attached hydrogen (secondary N) is 1. The lowest BCUT2D eigenvalue weighted by molar-refractivity contribution is -0.148. The number of carbonyl (C=O) groups is 2. The fraction of sp³-hybridized carbons (Fsp3) is 0.636. The van der Waals surface area contributed by atoms with E-state index < -0.39 is 18.2 Å². The summed E-state index contributed by atoms with van der Waals surface area (Å²) in [6.07, 6.45) is 64.6. The number of hydrogen-bond acceptors (Lipinski definition) is 5. The first kappa shape index (κ1) is 57.5. The van der Waals surface area contributed by atoms with Gasteiger partial charge in [-0.3, -0.25) is 9.59 Å². The highest BCUT2D eigenvalue weighted by Crippen LogP contribution is 2.14. The molecule has 0 heterocycles. The fourth-order valence-electron chi connectivity index (χ4n) is 6.68. The summed E-state index contributed by atoms with van der Waals surface area (Å²) >= 11 is 0. The lowest BCUT2D eigenvalue weighted by atomic mass is 10.0. The van der Waals surface area contributed by atoms with Crippen LogP contribution in [0.2, 0.25) is 0 Å². The van der Waals surface area contributed by atoms with E-state index in [2.05, 4.69) is 123 Å². The summed E-state index contributed by atoms with van der Waals surface area (Å²) < 4.78 is 5.81. The van der Waals surface area contributed by atoms with E-state index in [1.165, 1.54) is 51.4 Å². The van der Waals surface area contributed by atoms with Crippen LogP contribution < -0.4 is 5.32 Å². The van der Waals surface area contributed by atoms with Gasteiger partial charge >= 0.3 is 5.97 Å². The molecule has 346 valence electrons. The number of rotatable bonds is 42. The number of aliphatic hydroxyl groups excluding tert-OH is 2. The quantitative estimate of drug-likeness (QED) is 0.0323. The van der Waals surface area contributed by atoms with E-state index in [0.717, 1.165) is 103 Å². The van der Waals surface area contributed by atoms with Crippen molar-refractivity contribution in [1.29, 1.82) is 0 Å². The smallest absolute Gasteiger partial charge is 0.306 e. The van der Waals surface area contributed by atoms with Gasteiger partial charge in [-0.1, -0.05) is 208 Å². The molecule has 0 spiro atoms. The zero-order valence-electron chi connectivity index (χ0n) is 39.2. The molecule has 3 N–H and O–H groups in total. The van der Waals surface area contributed by atoms with Crippen LogP contribution in [-0.4, -0.2) is 46.9 Å². The number of hydrogen-bond donors (Lipinski definition) is 3. The molecule has 0 aliphatic carbocycles. The standard InChI is InChI=1S/C55H91NO5/c1-4-7-10-13-16-19-21-23-25-27-28-30-32-35-37-40-43-46-51(49-54(59)56-52(50-57)53(58)47-44-41-38-34-18-15-12-9-6-3)61-55(60)48-45-42-39-36-33-31-29-26-24-22-20-17-14-11-8-5-2/h7-8,10-11,16-17,19-20,23-26,28,30,35,37,43,46,51-53,57-58H,4-6,9,12-15,18,21-22,27,29,31-34,36,38-42,44-45,47-50H2,1-3H3,(H,56,59)/b10-7-,11-8+,19-16-,20-17+,25-23-,26-24+,30-28-,37-35-,46-43-. The topological polar surface area (TPSA) is 95.9 Å². The Hall–Kier alpha value is -3.48. The lowest BCUT2D eigenvalue weighted by Crippen LogP contribution is -2.46. The average Bonchev–Trinajstić information content (AvgIpc) is 3.25. The molecule has 61 heavy (non-hydrogen) atoms. The number of ether oxygens (including phenoxy) is 1. The van der Waals surface area contributed by atoms with Gasteiger partial charge in [0.2, 0.25) is 5.91 Å². The summed E-state index contributed by atoms with van der Waals surface area (Å²) in [5.74, 6) is -0.657. The van der Waals surface area contributed by atoms with E-state index in [4.69, 9.17) is 4.74 Å². The first-order valence-electron chi connectivity index (χ1n) is 24.6. The first-order valence-corrected chi connectivity index (χ1v) is 24.6. The van der Waals surface area contributed by atoms with Crippen molar-refractivity contribution in [3.05, 3.63) is 109 Å². The second-order valence-electron chi connectivity index (χ2n) is 16.1. The molecule has 0 rings (SSSR count). The Kier molecular flexibility index (Phi) is 44.9. The zero-order chi connectivity index (χ0) is 44.5. The average molecular weight is 846 g/mol. The molecule has 6 nitrogen and oxygen atoms in total. The molecule has 0 fully saturated rings. The summed E-state index contributed by atoms with van der Waals surface area (Å²) in [5.41, 5.74) is 0. The molecule has 0 aliphatic rings. The Balaban J connectivity index is 4.82. The van der Waals surface area contributed by atoms with Crippen LogP contribution in [-0.2, 0) is 14.3 Å². The third kappa shape index (κ3) is 43.0. The van der Waals surface area contributed by atoms with Crippen molar-refractivity contribution in [3.8, 4) is 0 Å². The van der Waals surface area contributed by atoms with Crippen LogP contribution in [0.3, 0.4) is 0 Å². The van der Waals surface area contributed by atoms with Crippen LogP contribution in [0, 0.1) is 0 Å². The zero-order valence-corrected chi connectivity index (χ0v) is 39.2. The number of esters is 1. The molecule has 0 aromatic carbocycles. The van der Waals surface area contributed by atoms with Gasteiger partial charge in [0.05, 0.1) is 25.2 Å². The lowest BCUT2D eigenvalue weighted by Gasteiger charge is -2.23. The third-order valence-electron chi connectivity index (χ3n) is 10.3. The van der Waals surface area contributed by atoms with E-state index in [0.29, 0.717) is 19.3 Å². The molecule has 3 unspecified atom stereocenters. The predicted octanol–water partition coefficient (Wildman–Crippen LogP) is 14.7. The van der Waals surface area contributed by atoms with Gasteiger partial charge in [0.15, 0.2) is 0 Å². The van der Waals surface area contributed by atoms with Gasteiger partial charge in [-0.2, -0.15) is 0 Å². The summed E-state index contributed by atoms with van der Waals surface area (Å²) in [7, 11) is 0. The maximum atomic E-state index is 13.1. The minimum absolute atomic E-state index is 0.0593. The minimum atomic E-state index is -0.827. The normalized spacial score (nSPS) is 14.2. The van der Waals surface area contributed by atoms with Crippen LogP contribution in [0.25, 0.3) is 0 Å². The Morgan fingerprint density at radius 1 is 0.508 bits per heavy atom. The van der Waals surface area contributed by atoms with Gasteiger partial charge < -0.3 is 20.3 Å². The highest BCUT2D eigenvalue weighted by atomic mass is 16.5. The van der Waals surface area contributed by atoms with Crippen molar-refractivity contribution in [1.82, 2.24) is 5.32 Å². The Morgan fingerprint density at radius 3 is 1.39 bits per heavy atom. The van der Waals surface area contributed by atoms with Gasteiger partial charge in [0.1, 0.15) is 6.10 Å². The number of amides is 1. The first-order chi connectivity index (χ1) is 30.0. The Bertz CT molecular complexity index is 1270. The summed E-state index contributed by atoms with van der Waals surface area (Å²) in [5, 5.41) is 23.6. The highest BCUT2D eigenvalue weighted by molar-refractivity contribution is 5.78. The summed E-state index contributed by atoms with van der Waals surface area (Å²) in [6.45, 7) is 6.18. The fourth-order valence-corrected chi connectivity index (χ4v) is 6.68. The molecule has 0 bridgehead atoms. The van der Waals surface area contributed by atoms with Crippen LogP contribution in [0.1, 0.15) is 201 Å². The molecular weight excluding hydrogens is 755 g/mol. The predicted molar refractivity (Wildman–Crippen MR) is 263 cm³/mol. The van der Waals surface area contributed by atoms with E-state index in [9.17, 15) is 19.8 Å². The van der Waals surface area contributed by atoms with Gasteiger partial charge in [0, 0.05) is 6.42 Å². The number of carbonyl (C=O) groups excluding carboxylic acids is 2. The van der Waals surface area contributed by atoms with Crippen LogP contribution in [0.5, 0.6) is 0 Å². The van der Waals surface area contributed by atoms with Crippen LogP contribution >= 0.6 is 0 Å². The molecule has 6 heteroatoms. The molecule has 0 aromatic rings.